The van der Waals surface area contributed by atoms with E-state index < -0.39 is 0 Å². The van der Waals surface area contributed by atoms with Gasteiger partial charge in [-0.3, -0.25) is 9.69 Å². The van der Waals surface area contributed by atoms with Crippen LogP contribution in [0, 0.1) is 5.92 Å². The molecular weight excluding hydrogens is 286 g/mol. The van der Waals surface area contributed by atoms with Crippen LogP contribution in [0.25, 0.3) is 0 Å². The van der Waals surface area contributed by atoms with Crippen molar-refractivity contribution in [3.8, 4) is 0 Å². The summed E-state index contributed by atoms with van der Waals surface area (Å²) in [4.78, 5) is 17.3. The average molecular weight is 322 g/mol. The number of likely N-dealkylation sites (tertiary alicyclic amines) is 1. The molecule has 0 bridgehead atoms. The Morgan fingerprint density at radius 2 is 1.96 bits per heavy atom. The maximum absolute atomic E-state index is 12.3. The molecule has 4 nitrogen and oxygen atoms in total. The molecule has 1 fully saturated rings. The van der Waals surface area contributed by atoms with Crippen molar-refractivity contribution >= 4 is 5.91 Å². The molecule has 0 saturated carbocycles. The fraction of sp³-hybridized carbons (Fsp3) is 0.842. The quantitative estimate of drug-likeness (QED) is 0.551. The van der Waals surface area contributed by atoms with Gasteiger partial charge in [0.15, 0.2) is 0 Å². The first-order valence-corrected chi connectivity index (χ1v) is 9.65. The minimum absolute atomic E-state index is 0.229. The minimum Gasteiger partial charge on any atom is -0.356 e. The van der Waals surface area contributed by atoms with Crippen LogP contribution in [0.3, 0.4) is 0 Å². The number of amides is 1. The second-order valence-corrected chi connectivity index (χ2v) is 6.91. The number of allylic oxidation sites excluding steroid dienone is 1. The van der Waals surface area contributed by atoms with E-state index in [1.54, 1.807) is 0 Å². The van der Waals surface area contributed by atoms with Crippen molar-refractivity contribution in [3.63, 3.8) is 0 Å². The summed E-state index contributed by atoms with van der Waals surface area (Å²) in [6, 6.07) is 0.627. The zero-order chi connectivity index (χ0) is 16.5. The lowest BCUT2D eigenvalue weighted by Crippen LogP contribution is -2.45. The van der Waals surface area contributed by atoms with E-state index in [1.165, 1.54) is 19.3 Å². The van der Waals surface area contributed by atoms with Gasteiger partial charge < -0.3 is 10.2 Å². The summed E-state index contributed by atoms with van der Waals surface area (Å²) in [7, 11) is 0. The number of hydrogen-bond donors (Lipinski definition) is 1. The molecule has 0 aromatic rings. The summed E-state index contributed by atoms with van der Waals surface area (Å²) in [5.74, 6) is 0.510. The van der Waals surface area contributed by atoms with Gasteiger partial charge in [-0.2, -0.15) is 0 Å². The van der Waals surface area contributed by atoms with Crippen LogP contribution in [-0.2, 0) is 4.79 Å². The first-order valence-electron chi connectivity index (χ1n) is 9.65. The number of hydrogen-bond acceptors (Lipinski definition) is 3. The van der Waals surface area contributed by atoms with Crippen LogP contribution in [0.2, 0.25) is 0 Å². The molecule has 1 atom stereocenters. The van der Waals surface area contributed by atoms with Crippen molar-refractivity contribution in [3.05, 3.63) is 12.2 Å². The van der Waals surface area contributed by atoms with Crippen molar-refractivity contribution in [2.75, 3.05) is 39.3 Å². The number of nitrogens with zero attached hydrogens (tertiary/aromatic N) is 2. The number of carbonyl (C=O) groups is 1. The number of carbonyl (C=O) groups excluding carboxylic acids is 1. The van der Waals surface area contributed by atoms with E-state index in [0.29, 0.717) is 6.04 Å². The third kappa shape index (κ3) is 5.92. The Balaban J connectivity index is 1.61. The Morgan fingerprint density at radius 1 is 1.22 bits per heavy atom. The monoisotopic (exact) mass is 321 g/mol. The van der Waals surface area contributed by atoms with Crippen molar-refractivity contribution in [1.82, 2.24) is 15.1 Å². The lowest BCUT2D eigenvalue weighted by atomic mass is 9.92. The SMILES string of the molecule is CCN(CC)CCCNC(=O)C1CCN(C2C=CCCC2)CC1. The third-order valence-electron chi connectivity index (χ3n) is 5.44. The predicted octanol–water partition coefficient (Wildman–Crippen LogP) is 2.66. The zero-order valence-corrected chi connectivity index (χ0v) is 15.1. The highest BCUT2D eigenvalue weighted by molar-refractivity contribution is 5.78. The van der Waals surface area contributed by atoms with Crippen LogP contribution in [0.1, 0.15) is 52.4 Å². The number of nitrogens with one attached hydrogen (secondary N) is 1. The molecule has 2 aliphatic rings. The van der Waals surface area contributed by atoms with Gasteiger partial charge in [-0.05, 0) is 71.2 Å². The molecule has 1 saturated heterocycles. The Bertz CT molecular complexity index is 371. The standard InChI is InChI=1S/C19H35N3O/c1-3-21(4-2)14-8-13-20-19(23)17-11-15-22(16-12-17)18-9-6-5-7-10-18/h6,9,17-18H,3-5,7-8,10-16H2,1-2H3,(H,20,23). The van der Waals surface area contributed by atoms with Crippen molar-refractivity contribution in [1.29, 1.82) is 0 Å². The minimum atomic E-state index is 0.229. The molecular formula is C19H35N3O. The van der Waals surface area contributed by atoms with Crippen LogP contribution in [0.4, 0.5) is 0 Å². The predicted molar refractivity (Wildman–Crippen MR) is 96.5 cm³/mol. The summed E-state index contributed by atoms with van der Waals surface area (Å²) < 4.78 is 0. The summed E-state index contributed by atoms with van der Waals surface area (Å²) in [6.07, 6.45) is 11.6. The molecule has 4 heteroatoms. The normalized spacial score (nSPS) is 23.3. The van der Waals surface area contributed by atoms with E-state index in [9.17, 15) is 4.79 Å². The van der Waals surface area contributed by atoms with Gasteiger partial charge in [-0.1, -0.05) is 26.0 Å². The van der Waals surface area contributed by atoms with E-state index >= 15 is 0 Å². The van der Waals surface area contributed by atoms with Crippen LogP contribution in [0.15, 0.2) is 12.2 Å². The van der Waals surface area contributed by atoms with Crippen molar-refractivity contribution < 1.29 is 4.79 Å². The highest BCUT2D eigenvalue weighted by atomic mass is 16.1. The lowest BCUT2D eigenvalue weighted by Gasteiger charge is -2.37. The molecule has 0 radical (unpaired) electrons. The molecule has 23 heavy (non-hydrogen) atoms. The van der Waals surface area contributed by atoms with E-state index in [1.807, 2.05) is 0 Å². The maximum Gasteiger partial charge on any atom is 0.223 e. The Kier molecular flexibility index (Phi) is 8.10. The van der Waals surface area contributed by atoms with Gasteiger partial charge in [-0.25, -0.2) is 0 Å². The molecule has 132 valence electrons. The van der Waals surface area contributed by atoms with Crippen LogP contribution in [-0.4, -0.2) is 61.0 Å². The molecule has 1 amide bonds. The zero-order valence-electron chi connectivity index (χ0n) is 15.1. The molecule has 0 aromatic carbocycles. The average Bonchev–Trinajstić information content (AvgIpc) is 2.62. The van der Waals surface area contributed by atoms with Gasteiger partial charge >= 0.3 is 0 Å². The molecule has 0 spiro atoms. The highest BCUT2D eigenvalue weighted by Crippen LogP contribution is 2.23. The molecule has 1 N–H and O–H groups in total. The molecule has 2 rings (SSSR count). The largest absolute Gasteiger partial charge is 0.356 e. The smallest absolute Gasteiger partial charge is 0.223 e. The second-order valence-electron chi connectivity index (χ2n) is 6.91. The number of piperidine rings is 1. The van der Waals surface area contributed by atoms with Gasteiger partial charge in [0.2, 0.25) is 5.91 Å². The van der Waals surface area contributed by atoms with E-state index in [2.05, 4.69) is 41.1 Å². The topological polar surface area (TPSA) is 35.6 Å². The van der Waals surface area contributed by atoms with Gasteiger partial charge in [0.05, 0.1) is 0 Å². The van der Waals surface area contributed by atoms with Crippen LogP contribution in [0.5, 0.6) is 0 Å². The van der Waals surface area contributed by atoms with Crippen LogP contribution < -0.4 is 5.32 Å². The second kappa shape index (κ2) is 10.1. The van der Waals surface area contributed by atoms with Gasteiger partial charge in [-0.15, -0.1) is 0 Å². The van der Waals surface area contributed by atoms with Gasteiger partial charge in [0.1, 0.15) is 0 Å². The van der Waals surface area contributed by atoms with E-state index in [-0.39, 0.29) is 11.8 Å². The summed E-state index contributed by atoms with van der Waals surface area (Å²) in [6.45, 7) is 10.6. The fourth-order valence-corrected chi connectivity index (χ4v) is 3.79. The molecule has 1 aliphatic heterocycles. The molecule has 0 aromatic heterocycles. The van der Waals surface area contributed by atoms with Gasteiger partial charge in [0, 0.05) is 18.5 Å². The fourth-order valence-electron chi connectivity index (χ4n) is 3.79. The summed E-state index contributed by atoms with van der Waals surface area (Å²) >= 11 is 0. The molecule has 1 aliphatic carbocycles. The summed E-state index contributed by atoms with van der Waals surface area (Å²) in [5, 5.41) is 3.15. The molecule has 1 unspecified atom stereocenters. The Labute approximate surface area is 142 Å². The maximum atomic E-state index is 12.3. The Hall–Kier alpha value is -0.870. The first-order chi connectivity index (χ1) is 11.2. The van der Waals surface area contributed by atoms with E-state index in [4.69, 9.17) is 0 Å². The molecule has 1 heterocycles. The Morgan fingerprint density at radius 3 is 2.57 bits per heavy atom. The third-order valence-corrected chi connectivity index (χ3v) is 5.44. The number of rotatable bonds is 8. The van der Waals surface area contributed by atoms with Crippen molar-refractivity contribution in [2.24, 2.45) is 5.92 Å². The van der Waals surface area contributed by atoms with Crippen LogP contribution >= 0.6 is 0 Å². The first kappa shape index (κ1) is 18.5. The van der Waals surface area contributed by atoms with Gasteiger partial charge in [0.25, 0.3) is 0 Å². The lowest BCUT2D eigenvalue weighted by molar-refractivity contribution is -0.126. The summed E-state index contributed by atoms with van der Waals surface area (Å²) in [5.41, 5.74) is 0. The van der Waals surface area contributed by atoms with Crippen molar-refractivity contribution in [2.45, 2.75) is 58.4 Å². The highest BCUT2D eigenvalue weighted by Gasteiger charge is 2.27. The van der Waals surface area contributed by atoms with E-state index in [0.717, 1.165) is 58.5 Å².